The lowest BCUT2D eigenvalue weighted by Gasteiger charge is -2.13. The predicted octanol–water partition coefficient (Wildman–Crippen LogP) is 3.77. The molecule has 0 aliphatic rings. The number of ether oxygens (including phenoxy) is 2. The quantitative estimate of drug-likeness (QED) is 0.754. The highest BCUT2D eigenvalue weighted by Crippen LogP contribution is 2.21. The molecule has 4 heteroatoms. The Morgan fingerprint density at radius 1 is 1.14 bits per heavy atom. The van der Waals surface area contributed by atoms with Crippen LogP contribution in [0, 0.1) is 13.8 Å². The highest BCUT2D eigenvalue weighted by Gasteiger charge is 2.12. The Bertz CT molecular complexity index is 575. The second-order valence-corrected chi connectivity index (χ2v) is 5.46. The molecule has 4 nitrogen and oxygen atoms in total. The number of methoxy groups -OCH3 is 1. The molecule has 0 radical (unpaired) electrons. The SMILES string of the molecule is COCCOc1ccc(CNC(C)c2cc(C)oc2C)cc1. The van der Waals surface area contributed by atoms with Crippen molar-refractivity contribution >= 4 is 0 Å². The minimum atomic E-state index is 0.259. The molecule has 0 aliphatic heterocycles. The first kappa shape index (κ1) is 16.6. The molecule has 0 bridgehead atoms. The molecule has 120 valence electrons. The number of aryl methyl sites for hydroxylation is 2. The maximum absolute atomic E-state index is 5.58. The van der Waals surface area contributed by atoms with Crippen LogP contribution in [0.15, 0.2) is 34.7 Å². The van der Waals surface area contributed by atoms with E-state index in [-0.39, 0.29) is 6.04 Å². The lowest BCUT2D eigenvalue weighted by molar-refractivity contribution is 0.146. The maximum Gasteiger partial charge on any atom is 0.119 e. The fourth-order valence-corrected chi connectivity index (χ4v) is 2.41. The van der Waals surface area contributed by atoms with Crippen molar-refractivity contribution in [1.82, 2.24) is 5.32 Å². The predicted molar refractivity (Wildman–Crippen MR) is 87.2 cm³/mol. The van der Waals surface area contributed by atoms with Gasteiger partial charge in [0.2, 0.25) is 0 Å². The van der Waals surface area contributed by atoms with Gasteiger partial charge in [0, 0.05) is 25.3 Å². The summed E-state index contributed by atoms with van der Waals surface area (Å²) in [6.07, 6.45) is 0. The average molecular weight is 303 g/mol. The van der Waals surface area contributed by atoms with Gasteiger partial charge in [0.05, 0.1) is 6.61 Å². The fourth-order valence-electron chi connectivity index (χ4n) is 2.41. The van der Waals surface area contributed by atoms with Crippen LogP contribution < -0.4 is 10.1 Å². The first-order valence-electron chi connectivity index (χ1n) is 7.61. The summed E-state index contributed by atoms with van der Waals surface area (Å²) in [6, 6.07) is 10.5. The summed E-state index contributed by atoms with van der Waals surface area (Å²) < 4.78 is 16.1. The Hall–Kier alpha value is -1.78. The third-order valence-electron chi connectivity index (χ3n) is 3.64. The maximum atomic E-state index is 5.58. The molecular weight excluding hydrogens is 278 g/mol. The van der Waals surface area contributed by atoms with Crippen molar-refractivity contribution in [2.45, 2.75) is 33.4 Å². The highest BCUT2D eigenvalue weighted by atomic mass is 16.5. The van der Waals surface area contributed by atoms with Crippen LogP contribution in [0.2, 0.25) is 0 Å². The standard InChI is InChI=1S/C18H25NO3/c1-13-11-18(15(3)22-13)14(2)19-12-16-5-7-17(8-6-16)21-10-9-20-4/h5-8,11,14,19H,9-10,12H2,1-4H3. The zero-order valence-electron chi connectivity index (χ0n) is 13.8. The van der Waals surface area contributed by atoms with Crippen molar-refractivity contribution < 1.29 is 13.9 Å². The highest BCUT2D eigenvalue weighted by molar-refractivity contribution is 5.28. The number of hydrogen-bond acceptors (Lipinski definition) is 4. The summed E-state index contributed by atoms with van der Waals surface area (Å²) in [6.45, 7) is 8.12. The van der Waals surface area contributed by atoms with Gasteiger partial charge in [-0.05, 0) is 44.5 Å². The van der Waals surface area contributed by atoms with Crippen molar-refractivity contribution in [2.24, 2.45) is 0 Å². The number of rotatable bonds is 8. The van der Waals surface area contributed by atoms with Crippen molar-refractivity contribution in [3.8, 4) is 5.75 Å². The van der Waals surface area contributed by atoms with E-state index in [9.17, 15) is 0 Å². The summed E-state index contributed by atoms with van der Waals surface area (Å²) in [5.74, 6) is 2.81. The second kappa shape index (κ2) is 8.01. The molecule has 0 fully saturated rings. The smallest absolute Gasteiger partial charge is 0.119 e. The summed E-state index contributed by atoms with van der Waals surface area (Å²) in [5.41, 5.74) is 2.45. The first-order chi connectivity index (χ1) is 10.6. The topological polar surface area (TPSA) is 43.6 Å². The lowest BCUT2D eigenvalue weighted by Crippen LogP contribution is -2.18. The van der Waals surface area contributed by atoms with E-state index in [2.05, 4.69) is 30.4 Å². The summed E-state index contributed by atoms with van der Waals surface area (Å²) in [4.78, 5) is 0. The molecule has 0 spiro atoms. The van der Waals surface area contributed by atoms with Crippen molar-refractivity contribution in [1.29, 1.82) is 0 Å². The van der Waals surface area contributed by atoms with Gasteiger partial charge in [-0.1, -0.05) is 12.1 Å². The van der Waals surface area contributed by atoms with E-state index in [1.165, 1.54) is 11.1 Å². The van der Waals surface area contributed by atoms with Crippen LogP contribution in [0.1, 0.15) is 35.6 Å². The molecule has 0 aliphatic carbocycles. The zero-order chi connectivity index (χ0) is 15.9. The number of furan rings is 1. The monoisotopic (exact) mass is 303 g/mol. The Labute approximate surface area is 132 Å². The molecular formula is C18H25NO3. The first-order valence-corrected chi connectivity index (χ1v) is 7.61. The molecule has 0 amide bonds. The fraction of sp³-hybridized carbons (Fsp3) is 0.444. The van der Waals surface area contributed by atoms with E-state index in [0.29, 0.717) is 13.2 Å². The van der Waals surface area contributed by atoms with Gasteiger partial charge < -0.3 is 19.2 Å². The Morgan fingerprint density at radius 3 is 2.45 bits per heavy atom. The van der Waals surface area contributed by atoms with E-state index >= 15 is 0 Å². The molecule has 2 rings (SSSR count). The van der Waals surface area contributed by atoms with Crippen LogP contribution >= 0.6 is 0 Å². The number of hydrogen-bond donors (Lipinski definition) is 1. The number of benzene rings is 1. The van der Waals surface area contributed by atoms with Gasteiger partial charge in [0.1, 0.15) is 23.9 Å². The molecule has 2 aromatic rings. The van der Waals surface area contributed by atoms with Crippen LogP contribution in [0.3, 0.4) is 0 Å². The Balaban J connectivity index is 1.85. The van der Waals surface area contributed by atoms with Crippen LogP contribution in [0.25, 0.3) is 0 Å². The van der Waals surface area contributed by atoms with E-state index in [4.69, 9.17) is 13.9 Å². The molecule has 1 N–H and O–H groups in total. The molecule has 0 saturated heterocycles. The average Bonchev–Trinajstić information content (AvgIpc) is 2.85. The third kappa shape index (κ3) is 4.61. The van der Waals surface area contributed by atoms with Gasteiger partial charge in [-0.25, -0.2) is 0 Å². The number of nitrogens with one attached hydrogen (secondary N) is 1. The van der Waals surface area contributed by atoms with Crippen LogP contribution in [0.4, 0.5) is 0 Å². The molecule has 1 heterocycles. The molecule has 1 unspecified atom stereocenters. The van der Waals surface area contributed by atoms with Crippen molar-refractivity contribution in [3.63, 3.8) is 0 Å². The molecule has 1 aromatic carbocycles. The van der Waals surface area contributed by atoms with Gasteiger partial charge in [0.25, 0.3) is 0 Å². The van der Waals surface area contributed by atoms with E-state index in [1.54, 1.807) is 7.11 Å². The van der Waals surface area contributed by atoms with Crippen molar-refractivity contribution in [3.05, 3.63) is 53.0 Å². The summed E-state index contributed by atoms with van der Waals surface area (Å²) in [7, 11) is 1.67. The molecule has 1 atom stereocenters. The van der Waals surface area contributed by atoms with Crippen LogP contribution in [0.5, 0.6) is 5.75 Å². The normalized spacial score (nSPS) is 12.4. The minimum absolute atomic E-state index is 0.259. The summed E-state index contributed by atoms with van der Waals surface area (Å²) in [5, 5.41) is 3.52. The van der Waals surface area contributed by atoms with Gasteiger partial charge >= 0.3 is 0 Å². The van der Waals surface area contributed by atoms with E-state index in [0.717, 1.165) is 23.8 Å². The van der Waals surface area contributed by atoms with Crippen molar-refractivity contribution in [2.75, 3.05) is 20.3 Å². The molecule has 22 heavy (non-hydrogen) atoms. The van der Waals surface area contributed by atoms with Gasteiger partial charge in [-0.3, -0.25) is 0 Å². The van der Waals surface area contributed by atoms with Gasteiger partial charge in [-0.2, -0.15) is 0 Å². The Morgan fingerprint density at radius 2 is 1.86 bits per heavy atom. The summed E-state index contributed by atoms with van der Waals surface area (Å²) >= 11 is 0. The van der Waals surface area contributed by atoms with Crippen LogP contribution in [-0.2, 0) is 11.3 Å². The zero-order valence-corrected chi connectivity index (χ0v) is 13.8. The van der Waals surface area contributed by atoms with E-state index in [1.807, 2.05) is 26.0 Å². The Kier molecular flexibility index (Phi) is 6.04. The molecule has 0 saturated carbocycles. The van der Waals surface area contributed by atoms with Gasteiger partial charge in [-0.15, -0.1) is 0 Å². The minimum Gasteiger partial charge on any atom is -0.491 e. The molecule has 1 aromatic heterocycles. The third-order valence-corrected chi connectivity index (χ3v) is 3.64. The van der Waals surface area contributed by atoms with Gasteiger partial charge in [0.15, 0.2) is 0 Å². The van der Waals surface area contributed by atoms with Crippen LogP contribution in [-0.4, -0.2) is 20.3 Å². The largest absolute Gasteiger partial charge is 0.491 e. The lowest BCUT2D eigenvalue weighted by atomic mass is 10.1. The second-order valence-electron chi connectivity index (χ2n) is 5.46. The van der Waals surface area contributed by atoms with E-state index < -0.39 is 0 Å².